The highest BCUT2D eigenvalue weighted by atomic mass is 35.5. The second kappa shape index (κ2) is 9.33. The minimum Gasteiger partial charge on any atom is -0.481 e. The number of aliphatic carboxylic acids is 1. The van der Waals surface area contributed by atoms with Gasteiger partial charge in [0.15, 0.2) is 0 Å². The quantitative estimate of drug-likeness (QED) is 0.534. The van der Waals surface area contributed by atoms with Gasteiger partial charge in [-0.15, -0.1) is 0 Å². The Morgan fingerprint density at radius 3 is 2.44 bits per heavy atom. The number of fused-ring (bicyclic) bond motifs is 1. The van der Waals surface area contributed by atoms with Crippen molar-refractivity contribution in [2.75, 3.05) is 0 Å². The number of carboxylic acid groups (broad SMARTS) is 1. The molecular formula is C25H28ClN3O3. The molecule has 2 N–H and O–H groups in total. The van der Waals surface area contributed by atoms with Gasteiger partial charge in [-0.25, -0.2) is 0 Å². The molecule has 1 amide bonds. The van der Waals surface area contributed by atoms with E-state index >= 15 is 0 Å². The van der Waals surface area contributed by atoms with Crippen molar-refractivity contribution in [3.63, 3.8) is 0 Å². The molecule has 0 spiro atoms. The summed E-state index contributed by atoms with van der Waals surface area (Å²) in [5, 5.41) is 18.1. The maximum Gasteiger partial charge on any atom is 0.306 e. The van der Waals surface area contributed by atoms with Gasteiger partial charge < -0.3 is 10.4 Å². The predicted molar refractivity (Wildman–Crippen MR) is 125 cm³/mol. The summed E-state index contributed by atoms with van der Waals surface area (Å²) in [6.45, 7) is 4.86. The Morgan fingerprint density at radius 2 is 1.81 bits per heavy atom. The van der Waals surface area contributed by atoms with Gasteiger partial charge in [0, 0.05) is 11.4 Å². The molecule has 1 aliphatic carbocycles. The van der Waals surface area contributed by atoms with Crippen molar-refractivity contribution in [3.05, 3.63) is 64.3 Å². The number of hydrogen-bond acceptors (Lipinski definition) is 3. The van der Waals surface area contributed by atoms with Crippen LogP contribution in [-0.2, 0) is 11.3 Å². The Bertz CT molecular complexity index is 1130. The topological polar surface area (TPSA) is 84.2 Å². The van der Waals surface area contributed by atoms with Crippen LogP contribution in [0, 0.1) is 5.92 Å². The zero-order valence-electron chi connectivity index (χ0n) is 18.3. The fourth-order valence-electron chi connectivity index (χ4n) is 4.40. The molecule has 32 heavy (non-hydrogen) atoms. The van der Waals surface area contributed by atoms with Crippen molar-refractivity contribution in [2.24, 2.45) is 5.92 Å². The lowest BCUT2D eigenvalue weighted by Gasteiger charge is -2.27. The van der Waals surface area contributed by atoms with Crippen molar-refractivity contribution in [2.45, 2.75) is 58.0 Å². The fourth-order valence-corrected chi connectivity index (χ4v) is 4.60. The lowest BCUT2D eigenvalue weighted by molar-refractivity contribution is -0.142. The maximum absolute atomic E-state index is 13.2. The van der Waals surface area contributed by atoms with Gasteiger partial charge in [-0.05, 0) is 54.9 Å². The van der Waals surface area contributed by atoms with Gasteiger partial charge in [-0.2, -0.15) is 5.10 Å². The summed E-state index contributed by atoms with van der Waals surface area (Å²) in [5.74, 6) is -0.773. The Morgan fingerprint density at radius 1 is 1.12 bits per heavy atom. The molecule has 1 fully saturated rings. The third-order valence-electron chi connectivity index (χ3n) is 6.38. The largest absolute Gasteiger partial charge is 0.481 e. The molecule has 6 nitrogen and oxygen atoms in total. The molecule has 1 aromatic heterocycles. The predicted octanol–water partition coefficient (Wildman–Crippen LogP) is 5.23. The summed E-state index contributed by atoms with van der Waals surface area (Å²) in [4.78, 5) is 24.3. The molecule has 0 bridgehead atoms. The minimum absolute atomic E-state index is 0.0243. The fraction of sp³-hybridized carbons (Fsp3) is 0.400. The Labute approximate surface area is 192 Å². The van der Waals surface area contributed by atoms with Crippen molar-refractivity contribution < 1.29 is 14.7 Å². The molecule has 0 atom stereocenters. The highest BCUT2D eigenvalue weighted by Gasteiger charge is 2.27. The molecule has 1 saturated carbocycles. The van der Waals surface area contributed by atoms with Gasteiger partial charge in [0.2, 0.25) is 0 Å². The molecule has 168 valence electrons. The first-order valence-electron chi connectivity index (χ1n) is 11.1. The molecule has 0 saturated heterocycles. The summed E-state index contributed by atoms with van der Waals surface area (Å²) in [7, 11) is 0. The molecule has 1 heterocycles. The number of carbonyl (C=O) groups excluding carboxylic acids is 1. The van der Waals surface area contributed by atoms with Gasteiger partial charge in [0.05, 0.1) is 34.8 Å². The molecule has 3 aromatic rings. The van der Waals surface area contributed by atoms with Crippen LogP contribution in [0.5, 0.6) is 0 Å². The van der Waals surface area contributed by atoms with Crippen LogP contribution in [0.3, 0.4) is 0 Å². The molecule has 0 unspecified atom stereocenters. The van der Waals surface area contributed by atoms with E-state index in [1.54, 1.807) is 18.3 Å². The van der Waals surface area contributed by atoms with Crippen molar-refractivity contribution in [1.29, 1.82) is 0 Å². The van der Waals surface area contributed by atoms with Crippen LogP contribution < -0.4 is 5.32 Å². The second-order valence-corrected chi connectivity index (χ2v) is 9.32. The summed E-state index contributed by atoms with van der Waals surface area (Å²) < 4.78 is 1.82. The number of nitrogens with zero attached hydrogens (tertiary/aromatic N) is 2. The molecule has 2 aromatic carbocycles. The van der Waals surface area contributed by atoms with Crippen LogP contribution in [0.1, 0.15) is 66.9 Å². The van der Waals surface area contributed by atoms with Gasteiger partial charge in [-0.3, -0.25) is 14.3 Å². The van der Waals surface area contributed by atoms with Gasteiger partial charge in [-0.1, -0.05) is 49.7 Å². The zero-order chi connectivity index (χ0) is 22.8. The van der Waals surface area contributed by atoms with Crippen molar-refractivity contribution in [1.82, 2.24) is 15.1 Å². The second-order valence-electron chi connectivity index (χ2n) is 8.92. The van der Waals surface area contributed by atoms with E-state index in [0.717, 1.165) is 10.9 Å². The average molecular weight is 454 g/mol. The zero-order valence-corrected chi connectivity index (χ0v) is 19.1. The van der Waals surface area contributed by atoms with Gasteiger partial charge in [0.1, 0.15) is 0 Å². The van der Waals surface area contributed by atoms with Crippen LogP contribution in [-0.4, -0.2) is 32.8 Å². The van der Waals surface area contributed by atoms with E-state index in [2.05, 4.69) is 48.5 Å². The molecule has 1 aliphatic rings. The number of benzene rings is 2. The summed E-state index contributed by atoms with van der Waals surface area (Å²) >= 11 is 6.40. The lowest BCUT2D eigenvalue weighted by Crippen LogP contribution is -2.38. The number of aromatic nitrogens is 2. The van der Waals surface area contributed by atoms with E-state index < -0.39 is 5.97 Å². The van der Waals surface area contributed by atoms with Crippen molar-refractivity contribution in [3.8, 4) is 0 Å². The highest BCUT2D eigenvalue weighted by molar-refractivity contribution is 6.36. The first-order valence-corrected chi connectivity index (χ1v) is 11.5. The summed E-state index contributed by atoms with van der Waals surface area (Å²) in [5.41, 5.74) is 3.61. The van der Waals surface area contributed by atoms with Crippen LogP contribution >= 0.6 is 11.6 Å². The summed E-state index contributed by atoms with van der Waals surface area (Å²) in [6, 6.07) is 11.9. The third kappa shape index (κ3) is 4.65. The Hall–Kier alpha value is -2.86. The number of nitrogens with one attached hydrogen (secondary N) is 1. The van der Waals surface area contributed by atoms with Gasteiger partial charge >= 0.3 is 5.97 Å². The van der Waals surface area contributed by atoms with E-state index in [1.165, 1.54) is 5.56 Å². The Balaban J connectivity index is 1.57. The number of amides is 1. The third-order valence-corrected chi connectivity index (χ3v) is 6.71. The lowest BCUT2D eigenvalue weighted by atomic mass is 9.86. The van der Waals surface area contributed by atoms with E-state index in [4.69, 9.17) is 11.6 Å². The summed E-state index contributed by atoms with van der Waals surface area (Å²) in [6.07, 6.45) is 4.21. The number of hydrogen-bond donors (Lipinski definition) is 2. The number of rotatable bonds is 6. The van der Waals surface area contributed by atoms with E-state index in [9.17, 15) is 14.7 Å². The molecule has 0 aliphatic heterocycles. The highest BCUT2D eigenvalue weighted by Crippen LogP contribution is 2.29. The molecule has 7 heteroatoms. The van der Waals surface area contributed by atoms with Crippen molar-refractivity contribution >= 4 is 34.4 Å². The first-order chi connectivity index (χ1) is 15.3. The Kier molecular flexibility index (Phi) is 6.51. The molecule has 0 radical (unpaired) electrons. The van der Waals surface area contributed by atoms with Gasteiger partial charge in [0.25, 0.3) is 5.91 Å². The number of halogens is 1. The first kappa shape index (κ1) is 22.3. The van der Waals surface area contributed by atoms with Crippen LogP contribution in [0.25, 0.3) is 10.9 Å². The number of carbonyl (C=O) groups is 2. The smallest absolute Gasteiger partial charge is 0.306 e. The van der Waals surface area contributed by atoms with Crippen LogP contribution in [0.2, 0.25) is 5.02 Å². The minimum atomic E-state index is -0.750. The maximum atomic E-state index is 13.2. The van der Waals surface area contributed by atoms with E-state index in [1.807, 2.05) is 4.68 Å². The molecule has 4 rings (SSSR count). The standard InChI is InChI=1S/C25H28ClN3O3/c1-15(2)17-5-3-16(4-6-17)14-29-23-20(11-12-22(26)21(23)13-27-29)24(30)28-19-9-7-18(8-10-19)25(31)32/h3-6,11-13,15,18-19H,7-10,14H2,1-2H3,(H,28,30)(H,31,32). The van der Waals surface area contributed by atoms with E-state index in [-0.39, 0.29) is 17.9 Å². The number of carboxylic acids is 1. The monoisotopic (exact) mass is 453 g/mol. The van der Waals surface area contributed by atoms with Crippen LogP contribution in [0.4, 0.5) is 0 Å². The van der Waals surface area contributed by atoms with Crippen LogP contribution in [0.15, 0.2) is 42.6 Å². The molecular weight excluding hydrogens is 426 g/mol. The normalized spacial score (nSPS) is 18.8. The SMILES string of the molecule is CC(C)c1ccc(Cn2ncc3c(Cl)ccc(C(=O)NC4CCC(C(=O)O)CC4)c32)cc1. The van der Waals surface area contributed by atoms with E-state index in [0.29, 0.717) is 54.2 Å². The average Bonchev–Trinajstić information content (AvgIpc) is 3.19.